The Morgan fingerprint density at radius 1 is 1.09 bits per heavy atom. The molecule has 0 radical (unpaired) electrons. The summed E-state index contributed by atoms with van der Waals surface area (Å²) in [6.45, 7) is 11.8. The van der Waals surface area contributed by atoms with Gasteiger partial charge in [-0.3, -0.25) is 9.69 Å². The summed E-state index contributed by atoms with van der Waals surface area (Å²) in [5.41, 5.74) is 3.72. The molecule has 1 atom stereocenters. The summed E-state index contributed by atoms with van der Waals surface area (Å²) < 4.78 is 1.91. The van der Waals surface area contributed by atoms with Crippen molar-refractivity contribution in [3.63, 3.8) is 0 Å². The number of aromatic nitrogens is 5. The second kappa shape index (κ2) is 9.89. The number of benzene rings is 2. The minimum atomic E-state index is -0.240. The van der Waals surface area contributed by atoms with Crippen LogP contribution in [0.5, 0.6) is 0 Å². The van der Waals surface area contributed by atoms with Gasteiger partial charge in [-0.2, -0.15) is 0 Å². The van der Waals surface area contributed by atoms with E-state index in [4.69, 9.17) is 0 Å². The molecule has 4 rings (SSSR count). The van der Waals surface area contributed by atoms with Crippen molar-refractivity contribution in [1.82, 2.24) is 30.1 Å². The molecule has 7 heteroatoms. The van der Waals surface area contributed by atoms with Crippen LogP contribution >= 0.6 is 0 Å². The lowest BCUT2D eigenvalue weighted by Crippen LogP contribution is -2.36. The summed E-state index contributed by atoms with van der Waals surface area (Å²) in [6, 6.07) is 18.6. The average molecular weight is 459 g/mol. The van der Waals surface area contributed by atoms with Crippen LogP contribution in [-0.4, -0.2) is 36.6 Å². The number of hydrogen-bond acceptors (Lipinski definition) is 5. The quantitative estimate of drug-likeness (QED) is 0.411. The van der Waals surface area contributed by atoms with E-state index in [1.807, 2.05) is 29.8 Å². The van der Waals surface area contributed by atoms with Gasteiger partial charge in [-0.25, -0.2) is 4.68 Å². The third kappa shape index (κ3) is 5.25. The van der Waals surface area contributed by atoms with Crippen molar-refractivity contribution < 1.29 is 0 Å². The number of tetrazole rings is 1. The fourth-order valence-electron chi connectivity index (χ4n) is 4.44. The maximum atomic E-state index is 13.1. The van der Waals surface area contributed by atoms with Gasteiger partial charge in [0.15, 0.2) is 5.82 Å². The molecule has 0 saturated carbocycles. The van der Waals surface area contributed by atoms with E-state index in [-0.39, 0.29) is 17.1 Å². The van der Waals surface area contributed by atoms with Crippen molar-refractivity contribution in [3.05, 3.63) is 87.5 Å². The highest BCUT2D eigenvalue weighted by Gasteiger charge is 2.29. The molecule has 4 aromatic rings. The summed E-state index contributed by atoms with van der Waals surface area (Å²) >= 11 is 0. The van der Waals surface area contributed by atoms with Gasteiger partial charge in [-0.1, -0.05) is 49.4 Å². The van der Waals surface area contributed by atoms with Gasteiger partial charge in [0.25, 0.3) is 5.56 Å². The zero-order valence-corrected chi connectivity index (χ0v) is 20.7. The number of hydrogen-bond donors (Lipinski definition) is 1. The van der Waals surface area contributed by atoms with E-state index >= 15 is 0 Å². The first kappa shape index (κ1) is 23.8. The van der Waals surface area contributed by atoms with Gasteiger partial charge in [0.2, 0.25) is 0 Å². The van der Waals surface area contributed by atoms with Gasteiger partial charge in [0.1, 0.15) is 0 Å². The Kier molecular flexibility index (Phi) is 6.93. The van der Waals surface area contributed by atoms with Crippen molar-refractivity contribution in [2.75, 3.05) is 6.54 Å². The van der Waals surface area contributed by atoms with E-state index in [0.29, 0.717) is 6.54 Å². The Hall–Kier alpha value is -3.32. The summed E-state index contributed by atoms with van der Waals surface area (Å²) in [7, 11) is 0. The van der Waals surface area contributed by atoms with Crippen LogP contribution in [0, 0.1) is 6.92 Å². The zero-order valence-electron chi connectivity index (χ0n) is 20.7. The first-order valence-corrected chi connectivity index (χ1v) is 12.0. The largest absolute Gasteiger partial charge is 0.322 e. The Labute approximate surface area is 200 Å². The van der Waals surface area contributed by atoms with Gasteiger partial charge in [-0.05, 0) is 79.6 Å². The molecule has 2 aromatic heterocycles. The number of rotatable bonds is 8. The average Bonchev–Trinajstić information content (AvgIpc) is 3.29. The van der Waals surface area contributed by atoms with Crippen LogP contribution in [0.4, 0.5) is 0 Å². The maximum Gasteiger partial charge on any atom is 0.252 e. The van der Waals surface area contributed by atoms with Crippen LogP contribution < -0.4 is 5.56 Å². The summed E-state index contributed by atoms with van der Waals surface area (Å²) in [5.74, 6) is 0.830. The fourth-order valence-corrected chi connectivity index (χ4v) is 4.44. The number of pyridine rings is 1. The van der Waals surface area contributed by atoms with Crippen LogP contribution in [0.3, 0.4) is 0 Å². The van der Waals surface area contributed by atoms with Gasteiger partial charge >= 0.3 is 0 Å². The second-order valence-corrected chi connectivity index (χ2v) is 9.96. The number of nitrogens with zero attached hydrogens (tertiary/aromatic N) is 5. The molecule has 1 N–H and O–H groups in total. The predicted molar refractivity (Wildman–Crippen MR) is 136 cm³/mol. The Morgan fingerprint density at radius 3 is 2.56 bits per heavy atom. The monoisotopic (exact) mass is 458 g/mol. The van der Waals surface area contributed by atoms with Gasteiger partial charge in [0, 0.05) is 24.2 Å². The zero-order chi connectivity index (χ0) is 24.3. The predicted octanol–water partition coefficient (Wildman–Crippen LogP) is 4.77. The summed E-state index contributed by atoms with van der Waals surface area (Å²) in [5, 5.41) is 13.8. The molecule has 0 aliphatic carbocycles. The molecule has 0 spiro atoms. The SMILES string of the molecule is CCC(c1nnnn1C(C)(C)C)N(CCc1ccccc1)Cc1cc2ccc(C)cc2[nH]c1=O. The number of fused-ring (bicyclic) bond motifs is 1. The molecular formula is C27H34N6O. The first-order valence-electron chi connectivity index (χ1n) is 12.0. The maximum absolute atomic E-state index is 13.1. The van der Waals surface area contributed by atoms with Crippen molar-refractivity contribution in [3.8, 4) is 0 Å². The molecular weight excluding hydrogens is 424 g/mol. The van der Waals surface area contributed by atoms with E-state index in [0.717, 1.165) is 47.2 Å². The molecule has 2 heterocycles. The minimum absolute atomic E-state index is 0.0222. The van der Waals surface area contributed by atoms with Crippen molar-refractivity contribution in [1.29, 1.82) is 0 Å². The Morgan fingerprint density at radius 2 is 1.85 bits per heavy atom. The Bertz CT molecular complexity index is 1300. The third-order valence-electron chi connectivity index (χ3n) is 6.24. The van der Waals surface area contributed by atoms with E-state index < -0.39 is 0 Å². The Balaban J connectivity index is 1.71. The van der Waals surface area contributed by atoms with Crippen molar-refractivity contribution in [2.45, 2.75) is 65.6 Å². The molecule has 0 saturated heterocycles. The fraction of sp³-hybridized carbons (Fsp3) is 0.407. The lowest BCUT2D eigenvalue weighted by Gasteiger charge is -2.32. The standard InChI is InChI=1S/C27H34N6O/c1-6-24(25-29-30-31-33(25)27(3,4)5)32(15-14-20-10-8-7-9-11-20)18-22-17-21-13-12-19(2)16-23(21)28-26(22)34/h7-13,16-17,24H,6,14-15,18H2,1-5H3,(H,28,34). The summed E-state index contributed by atoms with van der Waals surface area (Å²) in [6.07, 6.45) is 1.70. The number of nitrogens with one attached hydrogen (secondary N) is 1. The van der Waals surface area contributed by atoms with Gasteiger partial charge in [0.05, 0.1) is 11.6 Å². The van der Waals surface area contributed by atoms with Crippen molar-refractivity contribution in [2.24, 2.45) is 0 Å². The van der Waals surface area contributed by atoms with E-state index in [9.17, 15) is 4.79 Å². The van der Waals surface area contributed by atoms with Crippen molar-refractivity contribution >= 4 is 10.9 Å². The molecule has 0 amide bonds. The van der Waals surface area contributed by atoms with E-state index in [1.54, 1.807) is 0 Å². The third-order valence-corrected chi connectivity index (χ3v) is 6.24. The van der Waals surface area contributed by atoms with Crippen LogP contribution in [0.25, 0.3) is 10.9 Å². The van der Waals surface area contributed by atoms with E-state index in [2.05, 4.69) is 89.5 Å². The summed E-state index contributed by atoms with van der Waals surface area (Å²) in [4.78, 5) is 18.5. The van der Waals surface area contributed by atoms with Crippen LogP contribution in [-0.2, 0) is 18.5 Å². The first-order chi connectivity index (χ1) is 16.3. The molecule has 0 bridgehead atoms. The molecule has 178 valence electrons. The number of aromatic amines is 1. The number of aryl methyl sites for hydroxylation is 1. The molecule has 0 fully saturated rings. The lowest BCUT2D eigenvalue weighted by atomic mass is 10.0. The smallest absolute Gasteiger partial charge is 0.252 e. The highest BCUT2D eigenvalue weighted by Crippen LogP contribution is 2.27. The van der Waals surface area contributed by atoms with Crippen LogP contribution in [0.15, 0.2) is 59.4 Å². The second-order valence-electron chi connectivity index (χ2n) is 9.96. The molecule has 7 nitrogen and oxygen atoms in total. The number of H-pyrrole nitrogens is 1. The highest BCUT2D eigenvalue weighted by molar-refractivity contribution is 5.79. The van der Waals surface area contributed by atoms with Gasteiger partial charge < -0.3 is 4.98 Å². The molecule has 0 aliphatic heterocycles. The minimum Gasteiger partial charge on any atom is -0.322 e. The topological polar surface area (TPSA) is 79.7 Å². The normalized spacial score (nSPS) is 13.0. The lowest BCUT2D eigenvalue weighted by molar-refractivity contribution is 0.163. The van der Waals surface area contributed by atoms with Gasteiger partial charge in [-0.15, -0.1) is 5.10 Å². The molecule has 34 heavy (non-hydrogen) atoms. The molecule has 2 aromatic carbocycles. The molecule has 1 unspecified atom stereocenters. The highest BCUT2D eigenvalue weighted by atomic mass is 16.1. The van der Waals surface area contributed by atoms with E-state index in [1.165, 1.54) is 5.56 Å². The molecule has 0 aliphatic rings. The van der Waals surface area contributed by atoms with Crippen LogP contribution in [0.2, 0.25) is 0 Å². The van der Waals surface area contributed by atoms with Crippen LogP contribution in [0.1, 0.15) is 62.7 Å².